The van der Waals surface area contributed by atoms with Gasteiger partial charge < -0.3 is 29.7 Å². The Labute approximate surface area is 223 Å². The van der Waals surface area contributed by atoms with E-state index in [-0.39, 0.29) is 5.91 Å². The number of rotatable bonds is 10. The number of ether oxygens (including phenoxy) is 1. The zero-order chi connectivity index (χ0) is 27.4. The highest BCUT2D eigenvalue weighted by atomic mass is 16.5. The molecule has 0 atom stereocenters. The lowest BCUT2D eigenvalue weighted by Gasteiger charge is -2.26. The van der Waals surface area contributed by atoms with Gasteiger partial charge in [-0.25, -0.2) is 9.97 Å². The average molecular weight is 514 g/mol. The standard InChI is InChI=1S/C29H35N7O2/c1-8-28(37)31-23-16-24(27(38-7)17-26(23)35(5)14-13-34(3)4)33-29-30-19(2)15-22(32-29)21-18-36(6)25-12-10-9-11-20(21)25/h8-12,15-18H,1,13-14H2,2-7H3,(H,31,37)(H,30,32,33). The van der Waals surface area contributed by atoms with Crippen molar-refractivity contribution in [2.45, 2.75) is 6.92 Å². The summed E-state index contributed by atoms with van der Waals surface area (Å²) in [6, 6.07) is 14.0. The van der Waals surface area contributed by atoms with Gasteiger partial charge in [0.1, 0.15) is 5.75 Å². The van der Waals surface area contributed by atoms with Crippen LogP contribution in [0.15, 0.2) is 61.3 Å². The molecule has 2 N–H and O–H groups in total. The van der Waals surface area contributed by atoms with Crippen molar-refractivity contribution in [3.63, 3.8) is 0 Å². The summed E-state index contributed by atoms with van der Waals surface area (Å²) in [7, 11) is 9.67. The molecule has 0 spiro atoms. The predicted octanol–water partition coefficient (Wildman–Crippen LogP) is 4.82. The molecule has 9 nitrogen and oxygen atoms in total. The first-order chi connectivity index (χ1) is 18.2. The molecule has 0 aliphatic rings. The zero-order valence-corrected chi connectivity index (χ0v) is 22.9. The largest absolute Gasteiger partial charge is 0.494 e. The van der Waals surface area contributed by atoms with Gasteiger partial charge in [0.05, 0.1) is 29.9 Å². The molecular formula is C29H35N7O2. The summed E-state index contributed by atoms with van der Waals surface area (Å²) in [5.74, 6) is 0.736. The lowest BCUT2D eigenvalue weighted by atomic mass is 10.1. The second-order valence-corrected chi connectivity index (χ2v) is 9.50. The van der Waals surface area contributed by atoms with E-state index in [9.17, 15) is 4.79 Å². The van der Waals surface area contributed by atoms with Crippen molar-refractivity contribution in [1.29, 1.82) is 0 Å². The van der Waals surface area contributed by atoms with E-state index in [1.54, 1.807) is 7.11 Å². The second kappa shape index (κ2) is 11.4. The highest BCUT2D eigenvalue weighted by molar-refractivity contribution is 6.02. The third-order valence-corrected chi connectivity index (χ3v) is 6.33. The van der Waals surface area contributed by atoms with Gasteiger partial charge in [-0.1, -0.05) is 24.8 Å². The van der Waals surface area contributed by atoms with Crippen LogP contribution in [0.1, 0.15) is 5.69 Å². The number of carbonyl (C=O) groups is 1. The van der Waals surface area contributed by atoms with Gasteiger partial charge in [0.2, 0.25) is 11.9 Å². The lowest BCUT2D eigenvalue weighted by Crippen LogP contribution is -2.29. The first-order valence-corrected chi connectivity index (χ1v) is 12.4. The molecule has 0 saturated heterocycles. The number of fused-ring (bicyclic) bond motifs is 1. The topological polar surface area (TPSA) is 87.5 Å². The number of likely N-dealkylation sites (N-methyl/N-ethyl adjacent to an activating group) is 2. The van der Waals surface area contributed by atoms with E-state index >= 15 is 0 Å². The molecule has 0 aliphatic carbocycles. The molecule has 38 heavy (non-hydrogen) atoms. The van der Waals surface area contributed by atoms with E-state index in [0.717, 1.165) is 46.6 Å². The van der Waals surface area contributed by atoms with Gasteiger partial charge in [-0.3, -0.25) is 4.79 Å². The summed E-state index contributed by atoms with van der Waals surface area (Å²) >= 11 is 0. The minimum absolute atomic E-state index is 0.298. The molecule has 4 aromatic rings. The Kier molecular flexibility index (Phi) is 7.97. The second-order valence-electron chi connectivity index (χ2n) is 9.50. The Morgan fingerprint density at radius 1 is 1.11 bits per heavy atom. The van der Waals surface area contributed by atoms with Crippen LogP contribution in [0, 0.1) is 6.92 Å². The van der Waals surface area contributed by atoms with Crippen LogP contribution in [0.3, 0.4) is 0 Å². The van der Waals surface area contributed by atoms with Crippen molar-refractivity contribution >= 4 is 39.8 Å². The maximum atomic E-state index is 12.3. The molecule has 1 amide bonds. The average Bonchev–Trinajstić information content (AvgIpc) is 3.23. The van der Waals surface area contributed by atoms with Gasteiger partial charge >= 0.3 is 0 Å². The maximum Gasteiger partial charge on any atom is 0.247 e. The minimum Gasteiger partial charge on any atom is -0.494 e. The van der Waals surface area contributed by atoms with Crippen LogP contribution in [0.5, 0.6) is 5.75 Å². The number of carbonyl (C=O) groups excluding carboxylic acids is 1. The summed E-state index contributed by atoms with van der Waals surface area (Å²) in [5.41, 5.74) is 5.88. The quantitative estimate of drug-likeness (QED) is 0.294. The van der Waals surface area contributed by atoms with Crippen molar-refractivity contribution in [1.82, 2.24) is 19.4 Å². The first-order valence-electron chi connectivity index (χ1n) is 12.4. The van der Waals surface area contributed by atoms with Crippen molar-refractivity contribution < 1.29 is 9.53 Å². The Bertz CT molecular complexity index is 1480. The van der Waals surface area contributed by atoms with E-state index in [1.807, 2.05) is 65.4 Å². The molecule has 2 heterocycles. The van der Waals surface area contributed by atoms with Crippen molar-refractivity contribution in [2.75, 3.05) is 56.9 Å². The zero-order valence-electron chi connectivity index (χ0n) is 22.9. The number of hydrogen-bond donors (Lipinski definition) is 2. The monoisotopic (exact) mass is 513 g/mol. The van der Waals surface area contributed by atoms with Gasteiger partial charge in [0.25, 0.3) is 0 Å². The highest BCUT2D eigenvalue weighted by Crippen LogP contribution is 2.38. The molecule has 4 rings (SSSR count). The molecule has 0 radical (unpaired) electrons. The molecule has 9 heteroatoms. The van der Waals surface area contributed by atoms with Crippen LogP contribution in [0.2, 0.25) is 0 Å². The van der Waals surface area contributed by atoms with Crippen molar-refractivity contribution in [3.8, 4) is 17.0 Å². The fourth-order valence-electron chi connectivity index (χ4n) is 4.33. The maximum absolute atomic E-state index is 12.3. The predicted molar refractivity (Wildman–Crippen MR) is 156 cm³/mol. The van der Waals surface area contributed by atoms with E-state index < -0.39 is 0 Å². The SMILES string of the molecule is C=CC(=O)Nc1cc(Nc2nc(C)cc(-c3cn(C)c4ccccc34)n2)c(OC)cc1N(C)CCN(C)C. The summed E-state index contributed by atoms with van der Waals surface area (Å²) in [6.45, 7) is 7.14. The fourth-order valence-corrected chi connectivity index (χ4v) is 4.33. The third kappa shape index (κ3) is 5.78. The van der Waals surface area contributed by atoms with Crippen molar-refractivity contribution in [3.05, 3.63) is 67.0 Å². The van der Waals surface area contributed by atoms with Gasteiger partial charge in [-0.05, 0) is 45.3 Å². The Morgan fingerprint density at radius 3 is 2.58 bits per heavy atom. The number of amides is 1. The van der Waals surface area contributed by atoms with Crippen molar-refractivity contribution in [2.24, 2.45) is 7.05 Å². The number of para-hydroxylation sites is 1. The number of benzene rings is 2. The molecule has 0 saturated carbocycles. The molecule has 198 valence electrons. The molecule has 2 aromatic carbocycles. The van der Waals surface area contributed by atoms with Gasteiger partial charge in [-0.15, -0.1) is 0 Å². The number of methoxy groups -OCH3 is 1. The number of nitrogens with zero attached hydrogens (tertiary/aromatic N) is 5. The van der Waals surface area contributed by atoms with E-state index in [1.165, 1.54) is 6.08 Å². The molecule has 0 aliphatic heterocycles. The number of aryl methyl sites for hydroxylation is 2. The van der Waals surface area contributed by atoms with Gasteiger partial charge in [-0.2, -0.15) is 0 Å². The van der Waals surface area contributed by atoms with Crippen LogP contribution in [-0.4, -0.2) is 66.7 Å². The smallest absolute Gasteiger partial charge is 0.247 e. The van der Waals surface area contributed by atoms with Gasteiger partial charge in [0.15, 0.2) is 0 Å². The number of aromatic nitrogens is 3. The van der Waals surface area contributed by atoms with Crippen LogP contribution >= 0.6 is 0 Å². The first kappa shape index (κ1) is 26.7. The Balaban J connectivity index is 1.74. The fraction of sp³-hybridized carbons (Fsp3) is 0.276. The number of anilines is 4. The lowest BCUT2D eigenvalue weighted by molar-refractivity contribution is -0.111. The van der Waals surface area contributed by atoms with Crippen LogP contribution < -0.4 is 20.3 Å². The van der Waals surface area contributed by atoms with E-state index in [2.05, 4.69) is 54.9 Å². The van der Waals surface area contributed by atoms with Crippen LogP contribution in [0.25, 0.3) is 22.2 Å². The normalized spacial score (nSPS) is 11.0. The summed E-state index contributed by atoms with van der Waals surface area (Å²) < 4.78 is 7.83. The highest BCUT2D eigenvalue weighted by Gasteiger charge is 2.18. The van der Waals surface area contributed by atoms with Gasteiger partial charge in [0, 0.05) is 61.6 Å². The summed E-state index contributed by atoms with van der Waals surface area (Å²) in [6.07, 6.45) is 3.33. The third-order valence-electron chi connectivity index (χ3n) is 6.33. The Morgan fingerprint density at radius 2 is 1.87 bits per heavy atom. The summed E-state index contributed by atoms with van der Waals surface area (Å²) in [5, 5.41) is 7.37. The van der Waals surface area contributed by atoms with Crippen LogP contribution in [0.4, 0.5) is 23.0 Å². The molecule has 0 bridgehead atoms. The van der Waals surface area contributed by atoms with Crippen LogP contribution in [-0.2, 0) is 11.8 Å². The van der Waals surface area contributed by atoms with E-state index in [0.29, 0.717) is 23.1 Å². The molecular weight excluding hydrogens is 478 g/mol. The molecule has 2 aromatic heterocycles. The number of nitrogens with one attached hydrogen (secondary N) is 2. The molecule has 0 unspecified atom stereocenters. The molecule has 0 fully saturated rings. The Hall–Kier alpha value is -4.37. The summed E-state index contributed by atoms with van der Waals surface area (Å²) in [4.78, 5) is 25.9. The number of hydrogen-bond acceptors (Lipinski definition) is 7. The minimum atomic E-state index is -0.298. The van der Waals surface area contributed by atoms with E-state index in [4.69, 9.17) is 9.72 Å².